The number of ether oxygens (including phenoxy) is 1. The Balaban J connectivity index is 1.39. The Kier molecular flexibility index (Phi) is 7.85. The summed E-state index contributed by atoms with van der Waals surface area (Å²) in [7, 11) is 1.40. The van der Waals surface area contributed by atoms with E-state index in [4.69, 9.17) is 16.3 Å². The smallest absolute Gasteiger partial charge is 0.310 e. The van der Waals surface area contributed by atoms with Gasteiger partial charge in [-0.05, 0) is 43.5 Å². The van der Waals surface area contributed by atoms with Gasteiger partial charge in [-0.1, -0.05) is 41.9 Å². The second kappa shape index (κ2) is 11.0. The summed E-state index contributed by atoms with van der Waals surface area (Å²) in [6, 6.07) is 15.5. The van der Waals surface area contributed by atoms with Crippen molar-refractivity contribution in [1.29, 1.82) is 0 Å². The van der Waals surface area contributed by atoms with Crippen molar-refractivity contribution in [2.24, 2.45) is 5.92 Å². The van der Waals surface area contributed by atoms with E-state index in [1.807, 2.05) is 55.5 Å². The SMILES string of the molecule is COC(=O)Cc1ccccc1N1CCCC(C(=O)NCc2sc(-c3ccc(Cl)cc3)nc2C)C1. The molecule has 1 N–H and O–H groups in total. The van der Waals surface area contributed by atoms with E-state index in [0.29, 0.717) is 18.1 Å². The molecule has 1 aliphatic heterocycles. The van der Waals surface area contributed by atoms with Crippen molar-refractivity contribution >= 4 is 40.5 Å². The number of thiazole rings is 1. The Morgan fingerprint density at radius 2 is 1.97 bits per heavy atom. The van der Waals surface area contributed by atoms with Crippen LogP contribution in [0.3, 0.4) is 0 Å². The fourth-order valence-corrected chi connectivity index (χ4v) is 5.36. The molecule has 1 fully saturated rings. The lowest BCUT2D eigenvalue weighted by molar-refractivity contribution is -0.139. The van der Waals surface area contributed by atoms with Crippen LogP contribution in [0.2, 0.25) is 5.02 Å². The molecule has 4 rings (SSSR count). The Bertz CT molecular complexity index is 1160. The number of anilines is 1. The summed E-state index contributed by atoms with van der Waals surface area (Å²) < 4.78 is 4.84. The number of aromatic nitrogens is 1. The average molecular weight is 498 g/mol. The van der Waals surface area contributed by atoms with Crippen LogP contribution in [-0.4, -0.2) is 37.1 Å². The van der Waals surface area contributed by atoms with Crippen molar-refractivity contribution < 1.29 is 14.3 Å². The van der Waals surface area contributed by atoms with E-state index in [2.05, 4.69) is 15.2 Å². The van der Waals surface area contributed by atoms with Crippen LogP contribution in [0.15, 0.2) is 48.5 Å². The van der Waals surface area contributed by atoms with Crippen LogP contribution in [0.4, 0.5) is 5.69 Å². The highest BCUT2D eigenvalue weighted by atomic mass is 35.5. The molecule has 34 heavy (non-hydrogen) atoms. The predicted molar refractivity (Wildman–Crippen MR) is 136 cm³/mol. The first-order valence-electron chi connectivity index (χ1n) is 11.3. The minimum Gasteiger partial charge on any atom is -0.469 e. The molecule has 1 amide bonds. The first-order chi connectivity index (χ1) is 16.4. The zero-order chi connectivity index (χ0) is 24.1. The third-order valence-electron chi connectivity index (χ3n) is 6.09. The van der Waals surface area contributed by atoms with E-state index < -0.39 is 0 Å². The maximum atomic E-state index is 13.0. The molecule has 2 aromatic carbocycles. The molecule has 1 atom stereocenters. The monoisotopic (exact) mass is 497 g/mol. The van der Waals surface area contributed by atoms with Crippen molar-refractivity contribution in [3.63, 3.8) is 0 Å². The van der Waals surface area contributed by atoms with Gasteiger partial charge < -0.3 is 15.0 Å². The molecule has 3 aromatic rings. The molecule has 0 bridgehead atoms. The van der Waals surface area contributed by atoms with Crippen LogP contribution in [0, 0.1) is 12.8 Å². The van der Waals surface area contributed by atoms with Gasteiger partial charge in [0.15, 0.2) is 0 Å². The Labute approximate surface area is 208 Å². The van der Waals surface area contributed by atoms with E-state index in [1.54, 1.807) is 11.3 Å². The molecule has 2 heterocycles. The molecule has 0 radical (unpaired) electrons. The Morgan fingerprint density at radius 3 is 2.74 bits per heavy atom. The predicted octanol–water partition coefficient (Wildman–Crippen LogP) is 5.02. The van der Waals surface area contributed by atoms with Gasteiger partial charge in [0.2, 0.25) is 5.91 Å². The van der Waals surface area contributed by atoms with Crippen molar-refractivity contribution in [3.8, 4) is 10.6 Å². The summed E-state index contributed by atoms with van der Waals surface area (Å²) in [6.45, 7) is 3.92. The minimum atomic E-state index is -0.267. The number of nitrogens with zero attached hydrogens (tertiary/aromatic N) is 2. The number of hydrogen-bond donors (Lipinski definition) is 1. The second-order valence-electron chi connectivity index (χ2n) is 8.42. The third kappa shape index (κ3) is 5.77. The normalized spacial score (nSPS) is 15.7. The molecule has 0 spiro atoms. The molecule has 1 saturated heterocycles. The lowest BCUT2D eigenvalue weighted by atomic mass is 9.95. The molecule has 6 nitrogen and oxygen atoms in total. The van der Waals surface area contributed by atoms with Gasteiger partial charge in [0.1, 0.15) is 5.01 Å². The van der Waals surface area contributed by atoms with Crippen molar-refractivity contribution in [3.05, 3.63) is 69.7 Å². The number of carbonyl (C=O) groups excluding carboxylic acids is 2. The molecular weight excluding hydrogens is 470 g/mol. The first kappa shape index (κ1) is 24.2. The highest BCUT2D eigenvalue weighted by Gasteiger charge is 2.27. The molecule has 178 valence electrons. The summed E-state index contributed by atoms with van der Waals surface area (Å²) in [5.41, 5.74) is 3.86. The van der Waals surface area contributed by atoms with Gasteiger partial charge in [0, 0.05) is 34.2 Å². The first-order valence-corrected chi connectivity index (χ1v) is 12.5. The minimum absolute atomic E-state index is 0.0518. The summed E-state index contributed by atoms with van der Waals surface area (Å²) >= 11 is 7.58. The summed E-state index contributed by atoms with van der Waals surface area (Å²) in [6.07, 6.45) is 1.99. The van der Waals surface area contributed by atoms with Gasteiger partial charge >= 0.3 is 5.97 Å². The van der Waals surface area contributed by atoms with E-state index in [9.17, 15) is 9.59 Å². The van der Waals surface area contributed by atoms with Gasteiger partial charge in [0.25, 0.3) is 0 Å². The highest BCUT2D eigenvalue weighted by Crippen LogP contribution is 2.30. The van der Waals surface area contributed by atoms with Crippen LogP contribution >= 0.6 is 22.9 Å². The lowest BCUT2D eigenvalue weighted by Gasteiger charge is -2.35. The number of piperidine rings is 1. The van der Waals surface area contributed by atoms with Gasteiger partial charge in [-0.15, -0.1) is 11.3 Å². The third-order valence-corrected chi connectivity index (χ3v) is 7.55. The van der Waals surface area contributed by atoms with Crippen LogP contribution in [0.25, 0.3) is 10.6 Å². The number of rotatable bonds is 7. The summed E-state index contributed by atoms with van der Waals surface area (Å²) in [5.74, 6) is -0.323. The number of esters is 1. The standard InChI is InChI=1S/C26H28ClN3O3S/c1-17-23(34-26(29-17)18-9-11-21(27)12-10-18)15-28-25(32)20-7-5-13-30(16-20)22-8-4-3-6-19(22)14-24(31)33-2/h3-4,6,8-12,20H,5,7,13-16H2,1-2H3,(H,28,32). The van der Waals surface area contributed by atoms with Gasteiger partial charge in [-0.25, -0.2) is 4.98 Å². The number of aryl methyl sites for hydroxylation is 1. The van der Waals surface area contributed by atoms with E-state index in [0.717, 1.165) is 51.8 Å². The number of amides is 1. The fraction of sp³-hybridized carbons (Fsp3) is 0.346. The van der Waals surface area contributed by atoms with E-state index in [1.165, 1.54) is 7.11 Å². The molecule has 8 heteroatoms. The molecule has 0 saturated carbocycles. The van der Waals surface area contributed by atoms with Gasteiger partial charge in [0.05, 0.1) is 31.7 Å². The van der Waals surface area contributed by atoms with E-state index in [-0.39, 0.29) is 24.2 Å². The van der Waals surface area contributed by atoms with Gasteiger partial charge in [-0.2, -0.15) is 0 Å². The van der Waals surface area contributed by atoms with E-state index >= 15 is 0 Å². The zero-order valence-corrected chi connectivity index (χ0v) is 20.9. The number of hydrogen-bond acceptors (Lipinski definition) is 6. The van der Waals surface area contributed by atoms with Crippen molar-refractivity contribution in [2.45, 2.75) is 32.7 Å². The van der Waals surface area contributed by atoms with Crippen molar-refractivity contribution in [2.75, 3.05) is 25.1 Å². The number of halogens is 1. The molecule has 1 aromatic heterocycles. The number of nitrogens with one attached hydrogen (secondary N) is 1. The largest absolute Gasteiger partial charge is 0.469 e. The maximum Gasteiger partial charge on any atom is 0.310 e. The fourth-order valence-electron chi connectivity index (χ4n) is 4.23. The average Bonchev–Trinajstić information content (AvgIpc) is 3.23. The topological polar surface area (TPSA) is 71.5 Å². The maximum absolute atomic E-state index is 13.0. The van der Waals surface area contributed by atoms with Crippen molar-refractivity contribution in [1.82, 2.24) is 10.3 Å². The Morgan fingerprint density at radius 1 is 1.21 bits per heavy atom. The molecule has 1 aliphatic rings. The zero-order valence-electron chi connectivity index (χ0n) is 19.3. The number of para-hydroxylation sites is 1. The number of carbonyl (C=O) groups is 2. The van der Waals surface area contributed by atoms with Gasteiger partial charge in [-0.3, -0.25) is 9.59 Å². The molecule has 0 aliphatic carbocycles. The Hall–Kier alpha value is -2.90. The summed E-state index contributed by atoms with van der Waals surface area (Å²) in [4.78, 5) is 32.8. The summed E-state index contributed by atoms with van der Waals surface area (Å²) in [5, 5.41) is 4.74. The number of benzene rings is 2. The van der Waals surface area contributed by atoms with Crippen LogP contribution in [0.5, 0.6) is 0 Å². The number of methoxy groups -OCH3 is 1. The second-order valence-corrected chi connectivity index (χ2v) is 9.94. The van der Waals surface area contributed by atoms with Crippen LogP contribution < -0.4 is 10.2 Å². The highest BCUT2D eigenvalue weighted by molar-refractivity contribution is 7.15. The van der Waals surface area contributed by atoms with Crippen LogP contribution in [-0.2, 0) is 27.3 Å². The molecular formula is C26H28ClN3O3S. The lowest BCUT2D eigenvalue weighted by Crippen LogP contribution is -2.43. The molecule has 1 unspecified atom stereocenters. The van der Waals surface area contributed by atoms with Crippen LogP contribution in [0.1, 0.15) is 29.0 Å². The quantitative estimate of drug-likeness (QED) is 0.464.